The molecule has 0 saturated heterocycles. The van der Waals surface area contributed by atoms with Gasteiger partial charge in [0.15, 0.2) is 0 Å². The Labute approximate surface area is 219 Å². The molecule has 216 valence electrons. The molecule has 0 aliphatic carbocycles. The van der Waals surface area contributed by atoms with Crippen molar-refractivity contribution in [3.8, 4) is 0 Å². The van der Waals surface area contributed by atoms with Crippen LogP contribution in [-0.2, 0) is 98.9 Å². The van der Waals surface area contributed by atoms with E-state index >= 15 is 0 Å². The summed E-state index contributed by atoms with van der Waals surface area (Å²) in [5.74, 6) is 0. The molecule has 0 saturated carbocycles. The smallest absolute Gasteiger partial charge is 0.201 e. The van der Waals surface area contributed by atoms with Crippen molar-refractivity contribution >= 4 is 95.2 Å². The molecular formula is C10H8O20S8. The third-order valence-electron chi connectivity index (χ3n) is 3.69. The zero-order chi connectivity index (χ0) is 29.4. The molecule has 0 aliphatic rings. The van der Waals surface area contributed by atoms with Gasteiger partial charge in [-0.1, -0.05) is 0 Å². The molecule has 0 heterocycles. The van der Waals surface area contributed by atoms with Crippen molar-refractivity contribution in [2.45, 2.75) is 19.6 Å². The van der Waals surface area contributed by atoms with Crippen LogP contribution in [0.2, 0.25) is 0 Å². The van der Waals surface area contributed by atoms with Crippen molar-refractivity contribution in [3.63, 3.8) is 0 Å². The fraction of sp³-hybridized carbons (Fsp3) is 0. The lowest BCUT2D eigenvalue weighted by Gasteiger charge is -2.13. The SMILES string of the molecule is O=[SH](=O)OS(=O)(=O)c1cc(S(=O)(=O)O[SH](=O)=O)c2cc(S(=O)(=O)O[SH](=O)=O)cc(S(=O)(=O)O[SH](=O)=O)c2c1. The summed E-state index contributed by atoms with van der Waals surface area (Å²) in [6.07, 6.45) is 0. The van der Waals surface area contributed by atoms with E-state index in [-0.39, 0.29) is 24.3 Å². The van der Waals surface area contributed by atoms with Gasteiger partial charge in [-0.25, -0.2) is 33.7 Å². The fourth-order valence-corrected chi connectivity index (χ4v) is 9.05. The van der Waals surface area contributed by atoms with Crippen LogP contribution in [0.25, 0.3) is 10.8 Å². The third kappa shape index (κ3) is 7.62. The van der Waals surface area contributed by atoms with Crippen molar-refractivity contribution in [1.82, 2.24) is 0 Å². The molecule has 0 amide bonds. The predicted octanol–water partition coefficient (Wildman–Crippen LogP) is -4.23. The number of benzene rings is 2. The topological polar surface area (TPSA) is 310 Å². The quantitative estimate of drug-likeness (QED) is 0.152. The van der Waals surface area contributed by atoms with Gasteiger partial charge in [0.05, 0.1) is 9.79 Å². The second kappa shape index (κ2) is 11.3. The molecule has 0 fully saturated rings. The minimum atomic E-state index is -5.75. The number of rotatable bonds is 12. The second-order valence-corrected chi connectivity index (χ2v) is 15.6. The first kappa shape index (κ1) is 32.4. The molecule has 0 aliphatic heterocycles. The Morgan fingerprint density at radius 2 is 0.632 bits per heavy atom. The van der Waals surface area contributed by atoms with Crippen LogP contribution in [0.4, 0.5) is 0 Å². The molecule has 2 aromatic rings. The first-order valence-corrected chi connectivity index (χ1v) is 18.1. The molecule has 0 unspecified atom stereocenters. The largest absolute Gasteiger partial charge is 0.311 e. The lowest BCUT2D eigenvalue weighted by Crippen LogP contribution is -2.14. The zero-order valence-corrected chi connectivity index (χ0v) is 23.7. The second-order valence-electron chi connectivity index (χ2n) is 5.95. The lowest BCUT2D eigenvalue weighted by molar-refractivity contribution is 0.470. The van der Waals surface area contributed by atoms with Gasteiger partial charge in [0, 0.05) is 10.8 Å². The number of thiol groups is 4. The molecule has 0 spiro atoms. The minimum absolute atomic E-state index is 0.0542. The fourth-order valence-electron chi connectivity index (χ4n) is 2.53. The Morgan fingerprint density at radius 3 is 0.868 bits per heavy atom. The Balaban J connectivity index is 3.34. The Hall–Kier alpha value is -1.86. The molecule has 38 heavy (non-hydrogen) atoms. The maximum atomic E-state index is 12.5. The van der Waals surface area contributed by atoms with Gasteiger partial charge in [0.2, 0.25) is 0 Å². The number of hydrogen-bond acceptors (Lipinski definition) is 20. The summed E-state index contributed by atoms with van der Waals surface area (Å²) >= 11 is 0. The maximum Gasteiger partial charge on any atom is 0.311 e. The Morgan fingerprint density at radius 1 is 0.395 bits per heavy atom. The van der Waals surface area contributed by atoms with Crippen molar-refractivity contribution in [2.75, 3.05) is 0 Å². The number of fused-ring (bicyclic) bond motifs is 1. The van der Waals surface area contributed by atoms with E-state index in [1.807, 2.05) is 0 Å². The van der Waals surface area contributed by atoms with E-state index in [0.717, 1.165) is 0 Å². The van der Waals surface area contributed by atoms with Crippen LogP contribution in [0.5, 0.6) is 0 Å². The highest BCUT2D eigenvalue weighted by molar-refractivity contribution is 7.95. The van der Waals surface area contributed by atoms with Crippen LogP contribution in [0.1, 0.15) is 0 Å². The summed E-state index contributed by atoms with van der Waals surface area (Å²) in [7, 11) is -39.7. The van der Waals surface area contributed by atoms with E-state index < -0.39 is 115 Å². The first-order valence-electron chi connectivity index (χ1n) is 8.07. The van der Waals surface area contributed by atoms with E-state index in [1.165, 1.54) is 0 Å². The van der Waals surface area contributed by atoms with E-state index in [2.05, 4.69) is 14.5 Å². The van der Waals surface area contributed by atoms with Gasteiger partial charge in [-0.3, -0.25) is 0 Å². The van der Waals surface area contributed by atoms with Crippen molar-refractivity contribution in [1.29, 1.82) is 0 Å². The van der Waals surface area contributed by atoms with Gasteiger partial charge < -0.3 is 0 Å². The maximum absolute atomic E-state index is 12.5. The summed E-state index contributed by atoms with van der Waals surface area (Å²) in [5.41, 5.74) is 0. The van der Waals surface area contributed by atoms with E-state index in [4.69, 9.17) is 0 Å². The van der Waals surface area contributed by atoms with Crippen molar-refractivity contribution in [2.24, 2.45) is 0 Å². The highest BCUT2D eigenvalue weighted by atomic mass is 32.3. The molecule has 0 aromatic heterocycles. The molecule has 0 atom stereocenters. The van der Waals surface area contributed by atoms with Crippen molar-refractivity contribution < 1.29 is 81.9 Å². The molecule has 2 rings (SSSR count). The monoisotopic (exact) mass is 704 g/mol. The first-order chi connectivity index (χ1) is 17.1. The Kier molecular flexibility index (Phi) is 9.64. The van der Waals surface area contributed by atoms with Crippen LogP contribution in [0.15, 0.2) is 43.8 Å². The average Bonchev–Trinajstić information content (AvgIpc) is 2.68. The van der Waals surface area contributed by atoms with Gasteiger partial charge in [-0.2, -0.15) is 33.7 Å². The zero-order valence-electron chi connectivity index (χ0n) is 16.9. The van der Waals surface area contributed by atoms with Gasteiger partial charge >= 0.3 is 40.5 Å². The average molecular weight is 705 g/mol. The minimum Gasteiger partial charge on any atom is -0.201 e. The van der Waals surface area contributed by atoms with Crippen LogP contribution in [-0.4, -0.2) is 67.3 Å². The van der Waals surface area contributed by atoms with E-state index in [9.17, 15) is 67.3 Å². The summed E-state index contributed by atoms with van der Waals surface area (Å²) in [4.78, 5) is -6.40. The van der Waals surface area contributed by atoms with Gasteiger partial charge in [-0.05, 0) is 24.3 Å². The van der Waals surface area contributed by atoms with Gasteiger partial charge in [0.25, 0.3) is 43.9 Å². The standard InChI is InChI=1S/C10H8O20S8/c11-31(12)27-35(19,20)5-1-7-8(10(3-5)38(25,26)30-34(17)18)2-6(36(21,22)28-32(13)14)4-9(7)37(23,24)29-33(15)16/h1-4,31-34H. The van der Waals surface area contributed by atoms with Crippen LogP contribution in [0, 0.1) is 0 Å². The summed E-state index contributed by atoms with van der Waals surface area (Å²) in [6.45, 7) is 0. The molecule has 0 N–H and O–H groups in total. The van der Waals surface area contributed by atoms with Crippen molar-refractivity contribution in [3.05, 3.63) is 24.3 Å². The van der Waals surface area contributed by atoms with Crippen LogP contribution < -0.4 is 0 Å². The van der Waals surface area contributed by atoms with E-state index in [0.29, 0.717) is 0 Å². The van der Waals surface area contributed by atoms with Gasteiger partial charge in [0.1, 0.15) is 9.79 Å². The lowest BCUT2D eigenvalue weighted by atomic mass is 10.1. The molecule has 2 aromatic carbocycles. The summed E-state index contributed by atoms with van der Waals surface area (Å²) in [6, 6.07) is 0.168. The number of hydrogen-bond donors (Lipinski definition) is 4. The van der Waals surface area contributed by atoms with E-state index in [1.54, 1.807) is 0 Å². The molecule has 20 nitrogen and oxygen atoms in total. The highest BCUT2D eigenvalue weighted by Crippen LogP contribution is 2.36. The normalized spacial score (nSPS) is 13.7. The van der Waals surface area contributed by atoms with Crippen LogP contribution >= 0.6 is 0 Å². The highest BCUT2D eigenvalue weighted by Gasteiger charge is 2.32. The van der Waals surface area contributed by atoms with Gasteiger partial charge in [-0.15, -0.1) is 14.5 Å². The molecule has 0 bridgehead atoms. The Bertz CT molecular complexity index is 1890. The van der Waals surface area contributed by atoms with Crippen LogP contribution in [0.3, 0.4) is 0 Å². The third-order valence-corrected chi connectivity index (χ3v) is 12.2. The summed E-state index contributed by atoms with van der Waals surface area (Å²) < 4.78 is 200. The summed E-state index contributed by atoms with van der Waals surface area (Å²) in [5, 5.41) is -2.53. The molecular weight excluding hydrogens is 697 g/mol. The predicted molar refractivity (Wildman–Crippen MR) is 118 cm³/mol. The molecule has 0 radical (unpaired) electrons. The molecule has 28 heteroatoms.